The fraction of sp³-hybridized carbons (Fsp3) is 1.00. The molecule has 0 saturated carbocycles. The van der Waals surface area contributed by atoms with Gasteiger partial charge in [-0.2, -0.15) is 0 Å². The van der Waals surface area contributed by atoms with Gasteiger partial charge in [0.1, 0.15) is 0 Å². The summed E-state index contributed by atoms with van der Waals surface area (Å²) in [6, 6.07) is 0. The summed E-state index contributed by atoms with van der Waals surface area (Å²) in [5, 5.41) is 9.50. The molecule has 0 fully saturated rings. The van der Waals surface area contributed by atoms with Gasteiger partial charge in [-0.15, -0.1) is 0 Å². The van der Waals surface area contributed by atoms with Crippen LogP contribution in [0, 0.1) is 0 Å². The summed E-state index contributed by atoms with van der Waals surface area (Å²) in [6.45, 7) is 4.36. The van der Waals surface area contributed by atoms with E-state index in [1.807, 2.05) is 0 Å². The van der Waals surface area contributed by atoms with Gasteiger partial charge in [-0.25, -0.2) is 0 Å². The summed E-state index contributed by atoms with van der Waals surface area (Å²) in [6.07, 6.45) is 5.65. The second kappa shape index (κ2) is 5.56. The van der Waals surface area contributed by atoms with Crippen molar-refractivity contribution in [3.8, 4) is 0 Å². The molecule has 0 heterocycles. The Hall–Kier alpha value is -0.0800. The maximum Gasteiger partial charge on any atom is 0.0741 e. The highest BCUT2D eigenvalue weighted by atomic mass is 16.3. The molecule has 0 rings (SSSR count). The lowest BCUT2D eigenvalue weighted by Gasteiger charge is -2.20. The summed E-state index contributed by atoms with van der Waals surface area (Å²) in [4.78, 5) is 0. The number of hydrogen-bond acceptors (Lipinski definition) is 2. The Morgan fingerprint density at radius 1 is 1.27 bits per heavy atom. The van der Waals surface area contributed by atoms with Crippen LogP contribution in [0.15, 0.2) is 0 Å². The van der Waals surface area contributed by atoms with Crippen molar-refractivity contribution in [3.05, 3.63) is 0 Å². The molecule has 3 N–H and O–H groups in total. The van der Waals surface area contributed by atoms with E-state index in [2.05, 4.69) is 6.92 Å². The molecule has 0 aliphatic rings. The normalized spacial score (nSPS) is 16.4. The largest absolute Gasteiger partial charge is 0.389 e. The molecular weight excluding hydrogens is 138 g/mol. The first-order valence-electron chi connectivity index (χ1n) is 4.55. The molecule has 1 unspecified atom stereocenters. The maximum absolute atomic E-state index is 9.50. The molecule has 0 amide bonds. The average Bonchev–Trinajstić information content (AvgIpc) is 1.99. The first kappa shape index (κ1) is 10.9. The Bertz CT molecular complexity index is 91.6. The van der Waals surface area contributed by atoms with Crippen molar-refractivity contribution >= 4 is 0 Å². The number of unbranched alkanes of at least 4 members (excludes halogenated alkanes) is 3. The van der Waals surface area contributed by atoms with Gasteiger partial charge in [-0.3, -0.25) is 0 Å². The van der Waals surface area contributed by atoms with Crippen LogP contribution in [0.3, 0.4) is 0 Å². The summed E-state index contributed by atoms with van der Waals surface area (Å²) in [5.74, 6) is 0. The summed E-state index contributed by atoms with van der Waals surface area (Å²) in [7, 11) is 0. The van der Waals surface area contributed by atoms with E-state index >= 15 is 0 Å². The van der Waals surface area contributed by atoms with Crippen LogP contribution in [0.25, 0.3) is 0 Å². The van der Waals surface area contributed by atoms with Crippen LogP contribution in [-0.2, 0) is 0 Å². The molecule has 0 radical (unpaired) electrons. The molecule has 0 aromatic carbocycles. The van der Waals surface area contributed by atoms with E-state index in [0.717, 1.165) is 12.8 Å². The minimum Gasteiger partial charge on any atom is -0.389 e. The third-order valence-electron chi connectivity index (χ3n) is 2.01. The second-order valence-corrected chi connectivity index (χ2v) is 3.51. The van der Waals surface area contributed by atoms with E-state index in [0.29, 0.717) is 6.54 Å². The van der Waals surface area contributed by atoms with E-state index in [-0.39, 0.29) is 0 Å². The number of aliphatic hydroxyl groups is 1. The monoisotopic (exact) mass is 159 g/mol. The van der Waals surface area contributed by atoms with E-state index < -0.39 is 5.60 Å². The van der Waals surface area contributed by atoms with Crippen molar-refractivity contribution in [2.75, 3.05) is 6.54 Å². The lowest BCUT2D eigenvalue weighted by atomic mass is 9.98. The highest BCUT2D eigenvalue weighted by Crippen LogP contribution is 2.13. The number of rotatable bonds is 6. The van der Waals surface area contributed by atoms with Crippen molar-refractivity contribution in [1.82, 2.24) is 0 Å². The Labute approximate surface area is 69.8 Å². The fourth-order valence-electron chi connectivity index (χ4n) is 1.03. The van der Waals surface area contributed by atoms with Crippen molar-refractivity contribution in [1.29, 1.82) is 0 Å². The molecule has 0 aliphatic carbocycles. The third kappa shape index (κ3) is 6.32. The zero-order valence-electron chi connectivity index (χ0n) is 7.77. The minimum atomic E-state index is -0.631. The van der Waals surface area contributed by atoms with Gasteiger partial charge in [0, 0.05) is 6.54 Å². The van der Waals surface area contributed by atoms with Gasteiger partial charge in [0.05, 0.1) is 5.60 Å². The molecular formula is C9H21NO. The lowest BCUT2D eigenvalue weighted by Crippen LogP contribution is -2.33. The van der Waals surface area contributed by atoms with E-state index in [9.17, 15) is 5.11 Å². The predicted octanol–water partition coefficient (Wildman–Crippen LogP) is 1.67. The van der Waals surface area contributed by atoms with Crippen LogP contribution in [-0.4, -0.2) is 17.3 Å². The van der Waals surface area contributed by atoms with E-state index in [1.54, 1.807) is 6.92 Å². The molecule has 0 bridgehead atoms. The fourth-order valence-corrected chi connectivity index (χ4v) is 1.03. The van der Waals surface area contributed by atoms with Gasteiger partial charge in [0.25, 0.3) is 0 Å². The number of nitrogens with two attached hydrogens (primary N) is 1. The molecule has 0 saturated heterocycles. The predicted molar refractivity (Wildman–Crippen MR) is 48.4 cm³/mol. The van der Waals surface area contributed by atoms with Gasteiger partial charge in [0.15, 0.2) is 0 Å². The zero-order valence-corrected chi connectivity index (χ0v) is 7.77. The molecule has 68 valence electrons. The smallest absolute Gasteiger partial charge is 0.0741 e. The van der Waals surface area contributed by atoms with Gasteiger partial charge in [0.2, 0.25) is 0 Å². The molecule has 0 spiro atoms. The van der Waals surface area contributed by atoms with Gasteiger partial charge in [-0.05, 0) is 13.3 Å². The first-order valence-corrected chi connectivity index (χ1v) is 4.55. The van der Waals surface area contributed by atoms with Gasteiger partial charge >= 0.3 is 0 Å². The van der Waals surface area contributed by atoms with Crippen LogP contribution in [0.2, 0.25) is 0 Å². The summed E-state index contributed by atoms with van der Waals surface area (Å²) >= 11 is 0. The van der Waals surface area contributed by atoms with Crippen molar-refractivity contribution < 1.29 is 5.11 Å². The maximum atomic E-state index is 9.50. The molecule has 11 heavy (non-hydrogen) atoms. The molecule has 0 aromatic heterocycles. The Morgan fingerprint density at radius 2 is 1.91 bits per heavy atom. The molecule has 0 aliphatic heterocycles. The molecule has 0 aromatic rings. The highest BCUT2D eigenvalue weighted by Gasteiger charge is 2.16. The van der Waals surface area contributed by atoms with E-state index in [1.165, 1.54) is 19.3 Å². The standard InChI is InChI=1S/C9H21NO/c1-3-4-5-6-7-9(2,11)8-10/h11H,3-8,10H2,1-2H3. The van der Waals surface area contributed by atoms with Crippen LogP contribution in [0.4, 0.5) is 0 Å². The van der Waals surface area contributed by atoms with Crippen LogP contribution >= 0.6 is 0 Å². The lowest BCUT2D eigenvalue weighted by molar-refractivity contribution is 0.0571. The van der Waals surface area contributed by atoms with Gasteiger partial charge in [-0.1, -0.05) is 32.6 Å². The average molecular weight is 159 g/mol. The van der Waals surface area contributed by atoms with Crippen LogP contribution in [0.1, 0.15) is 46.0 Å². The Balaban J connectivity index is 3.23. The minimum absolute atomic E-state index is 0.374. The molecule has 2 nitrogen and oxygen atoms in total. The Morgan fingerprint density at radius 3 is 2.36 bits per heavy atom. The first-order chi connectivity index (χ1) is 5.12. The molecule has 2 heteroatoms. The Kier molecular flexibility index (Phi) is 5.51. The van der Waals surface area contributed by atoms with Crippen molar-refractivity contribution in [2.24, 2.45) is 5.73 Å². The number of hydrogen-bond donors (Lipinski definition) is 2. The zero-order chi connectivity index (χ0) is 8.74. The summed E-state index contributed by atoms with van der Waals surface area (Å²) in [5.41, 5.74) is 4.74. The van der Waals surface area contributed by atoms with Gasteiger partial charge < -0.3 is 10.8 Å². The summed E-state index contributed by atoms with van der Waals surface area (Å²) < 4.78 is 0. The second-order valence-electron chi connectivity index (χ2n) is 3.51. The van der Waals surface area contributed by atoms with Crippen molar-refractivity contribution in [3.63, 3.8) is 0 Å². The third-order valence-corrected chi connectivity index (χ3v) is 2.01. The SMILES string of the molecule is CCCCCCC(C)(O)CN. The van der Waals surface area contributed by atoms with E-state index in [4.69, 9.17) is 5.73 Å². The highest BCUT2D eigenvalue weighted by molar-refractivity contribution is 4.72. The van der Waals surface area contributed by atoms with Crippen LogP contribution < -0.4 is 5.73 Å². The molecule has 1 atom stereocenters. The van der Waals surface area contributed by atoms with Crippen molar-refractivity contribution in [2.45, 2.75) is 51.6 Å². The van der Waals surface area contributed by atoms with Crippen LogP contribution in [0.5, 0.6) is 0 Å². The quantitative estimate of drug-likeness (QED) is 0.579. The topological polar surface area (TPSA) is 46.2 Å².